The van der Waals surface area contributed by atoms with Crippen LogP contribution in [-0.4, -0.2) is 59.0 Å². The van der Waals surface area contributed by atoms with Crippen molar-refractivity contribution in [1.82, 2.24) is 19.0 Å². The van der Waals surface area contributed by atoms with Crippen molar-refractivity contribution in [2.24, 2.45) is 5.41 Å². The number of aromatic nitrogens is 2. The summed E-state index contributed by atoms with van der Waals surface area (Å²) in [6.45, 7) is 7.85. The third-order valence-corrected chi connectivity index (χ3v) is 7.16. The van der Waals surface area contributed by atoms with Crippen molar-refractivity contribution in [3.05, 3.63) is 12.3 Å². The number of hydrogen-bond donors (Lipinski definition) is 0. The average molecular weight is 354 g/mol. The van der Waals surface area contributed by atoms with Crippen molar-refractivity contribution in [2.45, 2.75) is 57.6 Å². The number of aryl methyl sites for hydroxylation is 1. The Morgan fingerprint density at radius 2 is 2.04 bits per heavy atom. The van der Waals surface area contributed by atoms with Crippen LogP contribution in [0.1, 0.15) is 40.0 Å². The summed E-state index contributed by atoms with van der Waals surface area (Å²) in [4.78, 5) is 14.9. The van der Waals surface area contributed by atoms with Gasteiger partial charge in [0.1, 0.15) is 0 Å². The predicted molar refractivity (Wildman–Crippen MR) is 89.8 cm³/mol. The Morgan fingerprint density at radius 3 is 2.71 bits per heavy atom. The van der Waals surface area contributed by atoms with Gasteiger partial charge in [-0.1, -0.05) is 0 Å². The second-order valence-corrected chi connectivity index (χ2v) is 8.93. The van der Waals surface area contributed by atoms with Gasteiger partial charge in [0.25, 0.3) is 10.0 Å². The van der Waals surface area contributed by atoms with E-state index in [1.54, 1.807) is 0 Å². The molecule has 2 fully saturated rings. The SMILES string of the molecule is CCn1nccc1S(=O)(=O)N1CC[C@@]2(CCCN(C(C)C)C2=O)C1. The lowest BCUT2D eigenvalue weighted by atomic mass is 9.78. The monoisotopic (exact) mass is 354 g/mol. The molecule has 0 N–H and O–H groups in total. The smallest absolute Gasteiger partial charge is 0.260 e. The molecule has 2 saturated heterocycles. The van der Waals surface area contributed by atoms with E-state index in [2.05, 4.69) is 5.10 Å². The minimum Gasteiger partial charge on any atom is -0.340 e. The standard InChI is InChI=1S/C16H26N4O3S/c1-4-20-14(6-9-17-20)24(22,23)18-11-8-16(12-18)7-5-10-19(13(2)3)15(16)21/h6,9,13H,4-5,7-8,10-12H2,1-3H3/t16-/m0/s1. The van der Waals surface area contributed by atoms with Crippen molar-refractivity contribution in [3.8, 4) is 0 Å². The quantitative estimate of drug-likeness (QED) is 0.817. The maximum absolute atomic E-state index is 13.0. The van der Waals surface area contributed by atoms with Crippen molar-refractivity contribution in [2.75, 3.05) is 19.6 Å². The van der Waals surface area contributed by atoms with Crippen LogP contribution >= 0.6 is 0 Å². The topological polar surface area (TPSA) is 75.5 Å². The summed E-state index contributed by atoms with van der Waals surface area (Å²) in [6.07, 6.45) is 3.82. The van der Waals surface area contributed by atoms with Gasteiger partial charge in [-0.2, -0.15) is 9.40 Å². The molecule has 1 aromatic heterocycles. The first-order valence-electron chi connectivity index (χ1n) is 8.65. The number of piperidine rings is 1. The number of likely N-dealkylation sites (tertiary alicyclic amines) is 1. The van der Waals surface area contributed by atoms with Gasteiger partial charge in [0, 0.05) is 32.2 Å². The maximum atomic E-state index is 13.0. The first-order chi connectivity index (χ1) is 11.3. The van der Waals surface area contributed by atoms with Gasteiger partial charge in [-0.05, 0) is 46.1 Å². The molecule has 1 atom stereocenters. The van der Waals surface area contributed by atoms with Crippen molar-refractivity contribution in [3.63, 3.8) is 0 Å². The van der Waals surface area contributed by atoms with Crippen LogP contribution < -0.4 is 0 Å². The van der Waals surface area contributed by atoms with Gasteiger partial charge in [0.2, 0.25) is 5.91 Å². The third-order valence-electron chi connectivity index (χ3n) is 5.29. The Labute approximate surface area is 143 Å². The van der Waals surface area contributed by atoms with Crippen LogP contribution in [0, 0.1) is 5.41 Å². The minimum absolute atomic E-state index is 0.116. The number of hydrogen-bond acceptors (Lipinski definition) is 4. The highest BCUT2D eigenvalue weighted by molar-refractivity contribution is 7.89. The molecule has 1 aromatic rings. The van der Waals surface area contributed by atoms with Gasteiger partial charge in [-0.15, -0.1) is 0 Å². The van der Waals surface area contributed by atoms with E-state index in [1.165, 1.54) is 21.3 Å². The van der Waals surface area contributed by atoms with E-state index in [4.69, 9.17) is 0 Å². The number of nitrogens with zero attached hydrogens (tertiary/aromatic N) is 4. The first kappa shape index (κ1) is 17.4. The molecule has 134 valence electrons. The highest BCUT2D eigenvalue weighted by atomic mass is 32.2. The van der Waals surface area contributed by atoms with Gasteiger partial charge in [0.05, 0.1) is 11.6 Å². The molecule has 7 nitrogen and oxygen atoms in total. The molecule has 1 amide bonds. The van der Waals surface area contributed by atoms with Crippen LogP contribution in [0.25, 0.3) is 0 Å². The van der Waals surface area contributed by atoms with Crippen molar-refractivity contribution in [1.29, 1.82) is 0 Å². The molecule has 2 aliphatic rings. The van der Waals surface area contributed by atoms with E-state index in [9.17, 15) is 13.2 Å². The predicted octanol–water partition coefficient (Wildman–Crippen LogP) is 1.31. The molecule has 0 saturated carbocycles. The molecule has 0 aromatic carbocycles. The van der Waals surface area contributed by atoms with Crippen LogP contribution in [0.15, 0.2) is 17.3 Å². The van der Waals surface area contributed by atoms with Crippen LogP contribution in [-0.2, 0) is 21.4 Å². The number of sulfonamides is 1. The molecule has 1 spiro atoms. The van der Waals surface area contributed by atoms with E-state index in [0.717, 1.165) is 19.4 Å². The van der Waals surface area contributed by atoms with Crippen molar-refractivity contribution >= 4 is 15.9 Å². The van der Waals surface area contributed by atoms with Gasteiger partial charge in [-0.25, -0.2) is 8.42 Å². The fourth-order valence-electron chi connectivity index (χ4n) is 3.92. The molecule has 8 heteroatoms. The summed E-state index contributed by atoms with van der Waals surface area (Å²) in [6, 6.07) is 1.69. The first-order valence-corrected chi connectivity index (χ1v) is 10.1. The largest absolute Gasteiger partial charge is 0.340 e. The average Bonchev–Trinajstić information content (AvgIpc) is 3.18. The second kappa shape index (κ2) is 6.15. The zero-order chi connectivity index (χ0) is 17.5. The fourth-order valence-corrected chi connectivity index (χ4v) is 5.61. The molecule has 0 unspecified atom stereocenters. The fraction of sp³-hybridized carbons (Fsp3) is 0.750. The lowest BCUT2D eigenvalue weighted by Gasteiger charge is -2.41. The molecule has 0 bridgehead atoms. The van der Waals surface area contributed by atoms with Gasteiger partial charge < -0.3 is 4.90 Å². The second-order valence-electron chi connectivity index (χ2n) is 7.05. The normalized spacial score (nSPS) is 26.0. The molecule has 2 aliphatic heterocycles. The van der Waals surface area contributed by atoms with Crippen LogP contribution in [0.5, 0.6) is 0 Å². The zero-order valence-corrected chi connectivity index (χ0v) is 15.4. The van der Waals surface area contributed by atoms with E-state index < -0.39 is 15.4 Å². The Kier molecular flexibility index (Phi) is 4.46. The summed E-state index contributed by atoms with van der Waals surface area (Å²) in [5, 5.41) is 4.28. The highest BCUT2D eigenvalue weighted by Crippen LogP contribution is 2.42. The molecule has 3 rings (SSSR count). The summed E-state index contributed by atoms with van der Waals surface area (Å²) in [5.74, 6) is 0.116. The lowest BCUT2D eigenvalue weighted by molar-refractivity contribution is -0.147. The van der Waals surface area contributed by atoms with Gasteiger partial charge in [0.15, 0.2) is 5.03 Å². The van der Waals surface area contributed by atoms with E-state index in [0.29, 0.717) is 19.5 Å². The molecular weight excluding hydrogens is 328 g/mol. The Morgan fingerprint density at radius 1 is 1.29 bits per heavy atom. The molecule has 3 heterocycles. The van der Waals surface area contributed by atoms with E-state index in [-0.39, 0.29) is 23.5 Å². The Hall–Kier alpha value is -1.41. The molecule has 24 heavy (non-hydrogen) atoms. The Balaban J connectivity index is 1.86. The van der Waals surface area contributed by atoms with Crippen LogP contribution in [0.2, 0.25) is 0 Å². The summed E-state index contributed by atoms with van der Waals surface area (Å²) < 4.78 is 28.9. The number of carbonyl (C=O) groups excluding carboxylic acids is 1. The van der Waals surface area contributed by atoms with Gasteiger partial charge in [-0.3, -0.25) is 9.48 Å². The summed E-state index contributed by atoms with van der Waals surface area (Å²) in [7, 11) is -3.61. The highest BCUT2D eigenvalue weighted by Gasteiger charge is 2.51. The van der Waals surface area contributed by atoms with Gasteiger partial charge >= 0.3 is 0 Å². The molecule has 0 radical (unpaired) electrons. The minimum atomic E-state index is -3.61. The molecular formula is C16H26N4O3S. The van der Waals surface area contributed by atoms with Crippen LogP contribution in [0.3, 0.4) is 0 Å². The summed E-state index contributed by atoms with van der Waals surface area (Å²) >= 11 is 0. The van der Waals surface area contributed by atoms with Crippen molar-refractivity contribution < 1.29 is 13.2 Å². The zero-order valence-electron chi connectivity index (χ0n) is 14.6. The Bertz CT molecular complexity index is 727. The molecule has 0 aliphatic carbocycles. The van der Waals surface area contributed by atoms with Crippen LogP contribution in [0.4, 0.5) is 0 Å². The number of rotatable bonds is 4. The lowest BCUT2D eigenvalue weighted by Crippen LogP contribution is -2.52. The van der Waals surface area contributed by atoms with E-state index in [1.807, 2.05) is 25.7 Å². The van der Waals surface area contributed by atoms with E-state index >= 15 is 0 Å². The number of carbonyl (C=O) groups is 1. The maximum Gasteiger partial charge on any atom is 0.260 e. The third kappa shape index (κ3) is 2.65. The summed E-state index contributed by atoms with van der Waals surface area (Å²) in [5.41, 5.74) is -0.549. The number of amides is 1.